The lowest BCUT2D eigenvalue weighted by atomic mass is 9.96. The van der Waals surface area contributed by atoms with Crippen LogP contribution in [0.3, 0.4) is 0 Å². The van der Waals surface area contributed by atoms with Gasteiger partial charge in [0.15, 0.2) is 0 Å². The number of rotatable bonds is 5. The molecule has 2 aromatic carbocycles. The van der Waals surface area contributed by atoms with Crippen molar-refractivity contribution in [1.82, 2.24) is 4.90 Å². The van der Waals surface area contributed by atoms with Crippen LogP contribution in [0.1, 0.15) is 47.7 Å². The van der Waals surface area contributed by atoms with Crippen LogP contribution in [0.2, 0.25) is 0 Å². The molecule has 152 valence electrons. The molecule has 7 heteroatoms. The predicted octanol–water partition coefficient (Wildman–Crippen LogP) is 2.99. The van der Waals surface area contributed by atoms with E-state index in [2.05, 4.69) is 0 Å². The van der Waals surface area contributed by atoms with Crippen molar-refractivity contribution in [3.63, 3.8) is 0 Å². The first-order chi connectivity index (χ1) is 14.5. The molecule has 2 aromatic rings. The first kappa shape index (κ1) is 19.6. The summed E-state index contributed by atoms with van der Waals surface area (Å²) in [7, 11) is 0. The maximum atomic E-state index is 13.4. The summed E-state index contributed by atoms with van der Waals surface area (Å²) in [5, 5.41) is 8.92. The number of hydrogen-bond donors (Lipinski definition) is 0. The van der Waals surface area contributed by atoms with Crippen molar-refractivity contribution in [2.75, 3.05) is 11.4 Å². The maximum absolute atomic E-state index is 13.4. The highest BCUT2D eigenvalue weighted by Crippen LogP contribution is 2.45. The summed E-state index contributed by atoms with van der Waals surface area (Å²) in [6.45, 7) is 2.25. The first-order valence-electron chi connectivity index (χ1n) is 9.93. The molecule has 2 amide bonds. The van der Waals surface area contributed by atoms with Crippen molar-refractivity contribution in [2.45, 2.75) is 38.5 Å². The molecule has 0 bridgehead atoms. The molecule has 0 radical (unpaired) electrons. The van der Waals surface area contributed by atoms with Gasteiger partial charge in [0.05, 0.1) is 22.9 Å². The number of benzene rings is 2. The van der Waals surface area contributed by atoms with Crippen molar-refractivity contribution in [3.8, 4) is 6.07 Å². The SMILES string of the molecule is CCCN1C(=O)c2ccccc2N2C(=O)CC[C@]12C(=O)OCc1ccc(C#N)cc1. The van der Waals surface area contributed by atoms with E-state index in [1.54, 1.807) is 48.5 Å². The average Bonchev–Trinajstić information content (AvgIpc) is 3.13. The largest absolute Gasteiger partial charge is 0.458 e. The van der Waals surface area contributed by atoms with Crippen molar-refractivity contribution < 1.29 is 19.1 Å². The standard InChI is InChI=1S/C23H21N3O4/c1-2-13-25-21(28)18-5-3-4-6-19(18)26-20(27)11-12-23(25,26)22(29)30-15-17-9-7-16(14-24)8-10-17/h3-10H,2,11-13,15H2,1H3/t23-/m0/s1. The summed E-state index contributed by atoms with van der Waals surface area (Å²) in [4.78, 5) is 42.4. The zero-order chi connectivity index (χ0) is 21.3. The molecule has 0 N–H and O–H groups in total. The van der Waals surface area contributed by atoms with Crippen LogP contribution in [-0.2, 0) is 20.9 Å². The van der Waals surface area contributed by atoms with Crippen molar-refractivity contribution in [3.05, 3.63) is 65.2 Å². The highest BCUT2D eigenvalue weighted by Gasteiger charge is 2.61. The Morgan fingerprint density at radius 3 is 2.60 bits per heavy atom. The van der Waals surface area contributed by atoms with Crippen LogP contribution in [0.4, 0.5) is 5.69 Å². The number of carbonyl (C=O) groups is 3. The van der Waals surface area contributed by atoms with Gasteiger partial charge in [-0.05, 0) is 36.2 Å². The number of amides is 2. The van der Waals surface area contributed by atoms with Gasteiger partial charge in [-0.3, -0.25) is 14.5 Å². The van der Waals surface area contributed by atoms with Crippen molar-refractivity contribution >= 4 is 23.5 Å². The number of hydrogen-bond acceptors (Lipinski definition) is 5. The van der Waals surface area contributed by atoms with Gasteiger partial charge in [0.1, 0.15) is 6.61 Å². The van der Waals surface area contributed by atoms with E-state index in [0.29, 0.717) is 29.8 Å². The lowest BCUT2D eigenvalue weighted by Crippen LogP contribution is -2.68. The van der Waals surface area contributed by atoms with E-state index in [1.807, 2.05) is 13.0 Å². The fraction of sp³-hybridized carbons (Fsp3) is 0.304. The molecule has 0 aromatic heterocycles. The lowest BCUT2D eigenvalue weighted by Gasteiger charge is -2.48. The van der Waals surface area contributed by atoms with Crippen LogP contribution in [0.5, 0.6) is 0 Å². The number of nitrogens with zero attached hydrogens (tertiary/aromatic N) is 3. The number of fused-ring (bicyclic) bond motifs is 3. The van der Waals surface area contributed by atoms with Crippen molar-refractivity contribution in [1.29, 1.82) is 5.26 Å². The third kappa shape index (κ3) is 2.92. The van der Waals surface area contributed by atoms with Gasteiger partial charge in [-0.25, -0.2) is 4.79 Å². The third-order valence-corrected chi connectivity index (χ3v) is 5.60. The molecule has 1 saturated heterocycles. The molecule has 0 aliphatic carbocycles. The Hall–Kier alpha value is -3.66. The maximum Gasteiger partial charge on any atom is 0.354 e. The number of anilines is 1. The van der Waals surface area contributed by atoms with Crippen LogP contribution < -0.4 is 4.90 Å². The van der Waals surface area contributed by atoms with Gasteiger partial charge in [-0.1, -0.05) is 31.2 Å². The van der Waals surface area contributed by atoms with Crippen LogP contribution in [-0.4, -0.2) is 34.9 Å². The molecule has 2 aliphatic rings. The van der Waals surface area contributed by atoms with Gasteiger partial charge in [0, 0.05) is 19.4 Å². The molecule has 0 unspecified atom stereocenters. The van der Waals surface area contributed by atoms with E-state index in [0.717, 1.165) is 5.56 Å². The zero-order valence-electron chi connectivity index (χ0n) is 16.6. The number of esters is 1. The van der Waals surface area contributed by atoms with Gasteiger partial charge in [0.2, 0.25) is 11.6 Å². The van der Waals surface area contributed by atoms with E-state index in [4.69, 9.17) is 10.00 Å². The molecular weight excluding hydrogens is 382 g/mol. The molecular formula is C23H21N3O4. The van der Waals surface area contributed by atoms with Gasteiger partial charge in [-0.2, -0.15) is 5.26 Å². The molecule has 2 aliphatic heterocycles. The van der Waals surface area contributed by atoms with E-state index in [1.165, 1.54) is 9.80 Å². The quantitative estimate of drug-likeness (QED) is 0.716. The smallest absolute Gasteiger partial charge is 0.354 e. The van der Waals surface area contributed by atoms with Crippen LogP contribution in [0, 0.1) is 11.3 Å². The third-order valence-electron chi connectivity index (χ3n) is 5.60. The summed E-state index contributed by atoms with van der Waals surface area (Å²) in [5.41, 5.74) is 0.633. The summed E-state index contributed by atoms with van der Waals surface area (Å²) in [6.07, 6.45) is 0.993. The summed E-state index contributed by atoms with van der Waals surface area (Å²) < 4.78 is 5.62. The minimum atomic E-state index is -1.47. The normalized spacial score (nSPS) is 19.9. The first-order valence-corrected chi connectivity index (χ1v) is 9.93. The summed E-state index contributed by atoms with van der Waals surface area (Å²) >= 11 is 0. The van der Waals surface area contributed by atoms with Gasteiger partial charge >= 0.3 is 5.97 Å². The Kier molecular flexibility index (Phi) is 5.00. The van der Waals surface area contributed by atoms with Gasteiger partial charge in [0.25, 0.3) is 5.91 Å². The fourth-order valence-electron chi connectivity index (χ4n) is 4.22. The van der Waals surface area contributed by atoms with Crippen LogP contribution in [0.25, 0.3) is 0 Å². The second-order valence-corrected chi connectivity index (χ2v) is 7.40. The van der Waals surface area contributed by atoms with E-state index in [9.17, 15) is 14.4 Å². The topological polar surface area (TPSA) is 90.7 Å². The van der Waals surface area contributed by atoms with Crippen LogP contribution >= 0.6 is 0 Å². The zero-order valence-corrected chi connectivity index (χ0v) is 16.6. The average molecular weight is 403 g/mol. The minimum absolute atomic E-state index is 0.00980. The van der Waals surface area contributed by atoms with Crippen molar-refractivity contribution in [2.24, 2.45) is 0 Å². The Morgan fingerprint density at radius 2 is 1.90 bits per heavy atom. The summed E-state index contributed by atoms with van der Waals surface area (Å²) in [6, 6.07) is 15.6. The van der Waals surface area contributed by atoms with E-state index >= 15 is 0 Å². The Labute approximate surface area is 174 Å². The second-order valence-electron chi connectivity index (χ2n) is 7.40. The molecule has 7 nitrogen and oxygen atoms in total. The highest BCUT2D eigenvalue weighted by molar-refractivity contribution is 6.15. The van der Waals surface area contributed by atoms with Gasteiger partial charge in [-0.15, -0.1) is 0 Å². The minimum Gasteiger partial charge on any atom is -0.458 e. The molecule has 30 heavy (non-hydrogen) atoms. The molecule has 2 heterocycles. The fourth-order valence-corrected chi connectivity index (χ4v) is 4.22. The molecule has 4 rings (SSSR count). The molecule has 0 saturated carbocycles. The molecule has 1 fully saturated rings. The Morgan fingerprint density at radius 1 is 1.17 bits per heavy atom. The van der Waals surface area contributed by atoms with E-state index < -0.39 is 11.6 Å². The summed E-state index contributed by atoms with van der Waals surface area (Å²) in [5.74, 6) is -1.09. The van der Waals surface area contributed by atoms with E-state index in [-0.39, 0.29) is 31.3 Å². The lowest BCUT2D eigenvalue weighted by molar-refractivity contribution is -0.158. The Bertz CT molecular complexity index is 1060. The second kappa shape index (κ2) is 7.64. The number of nitriles is 1. The highest BCUT2D eigenvalue weighted by atomic mass is 16.5. The molecule has 0 spiro atoms. The Balaban J connectivity index is 1.70. The predicted molar refractivity (Wildman–Crippen MR) is 108 cm³/mol. The number of para-hydroxylation sites is 1. The number of ether oxygens (including phenoxy) is 1. The monoisotopic (exact) mass is 403 g/mol. The van der Waals surface area contributed by atoms with Crippen LogP contribution in [0.15, 0.2) is 48.5 Å². The molecule has 1 atom stereocenters. The number of carbonyl (C=O) groups excluding carboxylic acids is 3. The van der Waals surface area contributed by atoms with Gasteiger partial charge < -0.3 is 9.64 Å².